The van der Waals surface area contributed by atoms with Crippen molar-refractivity contribution in [2.75, 3.05) is 11.9 Å². The number of halogens is 4. The molecule has 3 atom stereocenters. The zero-order chi connectivity index (χ0) is 24.2. The van der Waals surface area contributed by atoms with Crippen LogP contribution in [0, 0.1) is 0 Å². The monoisotopic (exact) mass is 552 g/mol. The van der Waals surface area contributed by atoms with Crippen molar-refractivity contribution in [1.82, 2.24) is 4.90 Å². The van der Waals surface area contributed by atoms with Crippen molar-refractivity contribution in [3.63, 3.8) is 0 Å². The number of hydrogen-bond acceptors (Lipinski definition) is 2. The van der Waals surface area contributed by atoms with Gasteiger partial charge >= 0.3 is 0 Å². The van der Waals surface area contributed by atoms with Crippen LogP contribution in [0.4, 0.5) is 14.5 Å². The lowest BCUT2D eigenvalue weighted by Gasteiger charge is -2.51. The fourth-order valence-corrected chi connectivity index (χ4v) is 4.86. The zero-order valence-corrected chi connectivity index (χ0v) is 22.3. The summed E-state index contributed by atoms with van der Waals surface area (Å²) < 4.78 is 29.0. The molecule has 0 amide bonds. The van der Waals surface area contributed by atoms with Crippen LogP contribution in [0.3, 0.4) is 0 Å². The number of alkyl halides is 3. The van der Waals surface area contributed by atoms with Crippen LogP contribution in [0.1, 0.15) is 32.3 Å². The predicted molar refractivity (Wildman–Crippen MR) is 145 cm³/mol. The first-order valence-corrected chi connectivity index (χ1v) is 12.6. The number of nitrogens with zero attached hydrogens (tertiary/aromatic N) is 1. The van der Waals surface area contributed by atoms with Gasteiger partial charge in [-0.25, -0.2) is 0 Å². The molecule has 3 unspecified atom stereocenters. The molecule has 0 saturated heterocycles. The molecular weight excluding hydrogens is 525 g/mol. The Labute approximate surface area is 211 Å². The minimum absolute atomic E-state index is 0.0973. The number of rotatable bonds is 8. The van der Waals surface area contributed by atoms with Gasteiger partial charge in [0.05, 0.1) is 0 Å². The SMILES string of the molecule is C=C/C=C(\C=C/CC12C=C(CCN1C(=CC)/C=C\C(C)Cl)c1cc(Br)ccc1N2)C(F)(F)P. The van der Waals surface area contributed by atoms with E-state index in [9.17, 15) is 8.78 Å². The third-order valence-electron chi connectivity index (χ3n) is 5.73. The summed E-state index contributed by atoms with van der Waals surface area (Å²) in [5, 5.41) is 3.61. The first-order chi connectivity index (χ1) is 15.6. The van der Waals surface area contributed by atoms with E-state index >= 15 is 0 Å². The number of benzene rings is 1. The second-order valence-corrected chi connectivity index (χ2v) is 10.5. The summed E-state index contributed by atoms with van der Waals surface area (Å²) in [6, 6.07) is 6.18. The van der Waals surface area contributed by atoms with Crippen LogP contribution < -0.4 is 5.32 Å². The summed E-state index contributed by atoms with van der Waals surface area (Å²) in [5.41, 5.74) is 0.740. The highest BCUT2D eigenvalue weighted by atomic mass is 79.9. The van der Waals surface area contributed by atoms with Crippen LogP contribution in [0.25, 0.3) is 5.57 Å². The molecule has 0 aliphatic carbocycles. The van der Waals surface area contributed by atoms with Crippen LogP contribution in [-0.4, -0.2) is 28.1 Å². The van der Waals surface area contributed by atoms with Crippen LogP contribution in [0.15, 0.2) is 89.1 Å². The molecule has 0 fully saturated rings. The van der Waals surface area contributed by atoms with E-state index in [2.05, 4.69) is 57.0 Å². The number of nitrogens with one attached hydrogen (secondary N) is 1. The van der Waals surface area contributed by atoms with Gasteiger partial charge in [0.2, 0.25) is 0 Å². The van der Waals surface area contributed by atoms with Crippen molar-refractivity contribution in [3.05, 3.63) is 94.7 Å². The van der Waals surface area contributed by atoms with E-state index in [-0.39, 0.29) is 11.0 Å². The van der Waals surface area contributed by atoms with Gasteiger partial charge in [0.25, 0.3) is 5.66 Å². The van der Waals surface area contributed by atoms with Gasteiger partial charge in [-0.3, -0.25) is 0 Å². The fourth-order valence-electron chi connectivity index (χ4n) is 4.23. The molecule has 3 rings (SSSR count). The van der Waals surface area contributed by atoms with Crippen molar-refractivity contribution in [2.24, 2.45) is 0 Å². The zero-order valence-electron chi connectivity index (χ0n) is 18.8. The van der Waals surface area contributed by atoms with Crippen LogP contribution in [-0.2, 0) is 0 Å². The van der Waals surface area contributed by atoms with Gasteiger partial charge < -0.3 is 10.2 Å². The van der Waals surface area contributed by atoms with E-state index in [1.807, 2.05) is 32.1 Å². The molecule has 0 aromatic heterocycles. The Balaban J connectivity index is 2.05. The topological polar surface area (TPSA) is 15.3 Å². The van der Waals surface area contributed by atoms with Gasteiger partial charge in [0, 0.05) is 45.3 Å². The Morgan fingerprint density at radius 2 is 2.18 bits per heavy atom. The van der Waals surface area contributed by atoms with Gasteiger partial charge in [0.15, 0.2) is 0 Å². The van der Waals surface area contributed by atoms with Crippen molar-refractivity contribution >= 4 is 48.0 Å². The summed E-state index contributed by atoms with van der Waals surface area (Å²) in [7, 11) is 1.59. The Morgan fingerprint density at radius 3 is 2.82 bits per heavy atom. The number of fused-ring (bicyclic) bond motifs is 3. The molecule has 2 aliphatic rings. The minimum atomic E-state index is -3.03. The van der Waals surface area contributed by atoms with E-state index in [4.69, 9.17) is 11.6 Å². The lowest BCUT2D eigenvalue weighted by Crippen LogP contribution is -2.56. The second-order valence-electron chi connectivity index (χ2n) is 8.15. The molecule has 1 N–H and O–H groups in total. The van der Waals surface area contributed by atoms with E-state index in [0.29, 0.717) is 6.42 Å². The normalized spacial score (nSPS) is 22.3. The first-order valence-electron chi connectivity index (χ1n) is 10.8. The molecule has 0 spiro atoms. The summed E-state index contributed by atoms with van der Waals surface area (Å²) in [6.45, 7) is 8.26. The van der Waals surface area contributed by atoms with Crippen LogP contribution in [0.5, 0.6) is 0 Å². The molecule has 2 aliphatic heterocycles. The summed E-state index contributed by atoms with van der Waals surface area (Å²) in [4.78, 5) is 2.29. The lowest BCUT2D eigenvalue weighted by atomic mass is 9.84. The molecule has 2 nitrogen and oxygen atoms in total. The Hall–Kier alpha value is -1.68. The predicted octanol–water partition coefficient (Wildman–Crippen LogP) is 8.27. The molecule has 7 heteroatoms. The number of anilines is 1. The average molecular weight is 554 g/mol. The van der Waals surface area contributed by atoms with Gasteiger partial charge in [-0.2, -0.15) is 8.78 Å². The van der Waals surface area contributed by atoms with Crippen LogP contribution >= 0.6 is 36.8 Å². The minimum Gasteiger partial charge on any atom is -0.359 e. The molecule has 2 heterocycles. The number of hydrogen-bond donors (Lipinski definition) is 1. The standard InChI is InChI=1S/C26H29BrClF2N2P/c1-4-7-20(26(29,30)33)8-6-14-25-17-19(23-16-21(27)10-12-24(23)31-25)13-15-32(25)22(5-2)11-9-18(3)28/h4-12,16-18,31H,1,13-15,33H2,2-3H3/b8-6-,11-9-,20-7+,22-5?. The maximum Gasteiger partial charge on any atom is 0.283 e. The van der Waals surface area contributed by atoms with Gasteiger partial charge in [-0.05, 0) is 56.2 Å². The van der Waals surface area contributed by atoms with Crippen LogP contribution in [0.2, 0.25) is 0 Å². The molecule has 0 radical (unpaired) electrons. The Bertz CT molecular complexity index is 1050. The third kappa shape index (κ3) is 6.07. The molecule has 2 bridgehead atoms. The van der Waals surface area contributed by atoms with Crippen molar-refractivity contribution in [1.29, 1.82) is 0 Å². The molecule has 176 valence electrons. The van der Waals surface area contributed by atoms with E-state index < -0.39 is 11.3 Å². The Kier molecular flexibility index (Phi) is 8.42. The third-order valence-corrected chi connectivity index (χ3v) is 6.70. The molecular formula is C26H29BrClF2N2P. The van der Waals surface area contributed by atoms with Gasteiger partial charge in [-0.1, -0.05) is 68.2 Å². The second kappa shape index (κ2) is 10.7. The molecule has 1 aromatic carbocycles. The van der Waals surface area contributed by atoms with Gasteiger partial charge in [-0.15, -0.1) is 11.6 Å². The van der Waals surface area contributed by atoms with Gasteiger partial charge in [0.1, 0.15) is 5.66 Å². The molecule has 33 heavy (non-hydrogen) atoms. The first kappa shape index (κ1) is 25.9. The summed E-state index contributed by atoms with van der Waals surface area (Å²) in [5.74, 6) is 0. The maximum absolute atomic E-state index is 14.0. The highest BCUT2D eigenvalue weighted by Crippen LogP contribution is 2.45. The van der Waals surface area contributed by atoms with Crippen molar-refractivity contribution in [2.45, 2.75) is 43.4 Å². The maximum atomic E-state index is 14.0. The highest BCUT2D eigenvalue weighted by molar-refractivity contribution is 9.10. The smallest absolute Gasteiger partial charge is 0.283 e. The molecule has 1 aromatic rings. The van der Waals surface area contributed by atoms with Crippen molar-refractivity contribution < 1.29 is 8.78 Å². The fraction of sp³-hybridized carbons (Fsp3) is 0.308. The molecule has 0 saturated carbocycles. The largest absolute Gasteiger partial charge is 0.359 e. The highest BCUT2D eigenvalue weighted by Gasteiger charge is 2.41. The summed E-state index contributed by atoms with van der Waals surface area (Å²) >= 11 is 9.74. The lowest BCUT2D eigenvalue weighted by molar-refractivity contribution is 0.151. The Morgan fingerprint density at radius 1 is 1.42 bits per heavy atom. The van der Waals surface area contributed by atoms with E-state index in [0.717, 1.165) is 28.8 Å². The van der Waals surface area contributed by atoms with Crippen molar-refractivity contribution in [3.8, 4) is 0 Å². The van der Waals surface area contributed by atoms with E-state index in [1.54, 1.807) is 15.3 Å². The van der Waals surface area contributed by atoms with E-state index in [1.165, 1.54) is 29.4 Å². The number of allylic oxidation sites excluding steroid dienone is 7. The quantitative estimate of drug-likeness (QED) is 0.198. The summed E-state index contributed by atoms with van der Waals surface area (Å²) in [6.07, 6.45) is 15.6. The average Bonchev–Trinajstić information content (AvgIpc) is 2.74.